The van der Waals surface area contributed by atoms with Crippen molar-refractivity contribution in [3.8, 4) is 0 Å². The molecule has 2 rings (SSSR count). The molecule has 1 aliphatic rings. The lowest BCUT2D eigenvalue weighted by atomic mass is 10.3. The average molecular weight is 137 g/mol. The van der Waals surface area contributed by atoms with Crippen LogP contribution in [-0.2, 0) is 6.42 Å². The van der Waals surface area contributed by atoms with E-state index in [4.69, 9.17) is 0 Å². The third kappa shape index (κ3) is 0.630. The van der Waals surface area contributed by atoms with Crippen LogP contribution in [0.1, 0.15) is 17.0 Å². The quantitative estimate of drug-likeness (QED) is 0.533. The van der Waals surface area contributed by atoms with E-state index >= 15 is 0 Å². The molecule has 1 nitrogen and oxygen atoms in total. The van der Waals surface area contributed by atoms with Gasteiger partial charge in [0.15, 0.2) is 0 Å². The van der Waals surface area contributed by atoms with Gasteiger partial charge in [-0.2, -0.15) is 0 Å². The molecule has 0 amide bonds. The fourth-order valence-electron chi connectivity index (χ4n) is 1.12. The maximum atomic E-state index is 4.20. The third-order valence-corrected chi connectivity index (χ3v) is 2.60. The van der Waals surface area contributed by atoms with Gasteiger partial charge in [0.25, 0.3) is 0 Å². The SMILES string of the molecule is C=C1CCc2ncsc21. The molecule has 0 spiro atoms. The summed E-state index contributed by atoms with van der Waals surface area (Å²) in [7, 11) is 0. The van der Waals surface area contributed by atoms with Crippen LogP contribution >= 0.6 is 11.3 Å². The Morgan fingerprint density at radius 2 is 2.44 bits per heavy atom. The zero-order chi connectivity index (χ0) is 6.27. The number of rotatable bonds is 0. The molecular weight excluding hydrogens is 130 g/mol. The predicted molar refractivity (Wildman–Crippen MR) is 39.5 cm³/mol. The van der Waals surface area contributed by atoms with E-state index in [1.165, 1.54) is 16.1 Å². The normalized spacial score (nSPS) is 16.2. The molecule has 0 bridgehead atoms. The van der Waals surface area contributed by atoms with Gasteiger partial charge in [0.2, 0.25) is 0 Å². The molecule has 0 fully saturated rings. The van der Waals surface area contributed by atoms with Gasteiger partial charge in [-0.05, 0) is 18.4 Å². The summed E-state index contributed by atoms with van der Waals surface area (Å²) in [6.07, 6.45) is 2.23. The van der Waals surface area contributed by atoms with Crippen molar-refractivity contribution in [2.24, 2.45) is 0 Å². The van der Waals surface area contributed by atoms with Crippen LogP contribution in [0.2, 0.25) is 0 Å². The van der Waals surface area contributed by atoms with Crippen LogP contribution in [0.3, 0.4) is 0 Å². The van der Waals surface area contributed by atoms with Crippen LogP contribution in [0.5, 0.6) is 0 Å². The lowest BCUT2D eigenvalue weighted by molar-refractivity contribution is 1.02. The zero-order valence-electron chi connectivity index (χ0n) is 5.05. The summed E-state index contributed by atoms with van der Waals surface area (Å²) in [6.45, 7) is 3.94. The number of fused-ring (bicyclic) bond motifs is 1. The fourth-order valence-corrected chi connectivity index (χ4v) is 1.96. The van der Waals surface area contributed by atoms with Crippen molar-refractivity contribution in [2.45, 2.75) is 12.8 Å². The Hall–Kier alpha value is -0.630. The largest absolute Gasteiger partial charge is 0.249 e. The molecule has 0 radical (unpaired) electrons. The Kier molecular flexibility index (Phi) is 0.963. The molecule has 46 valence electrons. The lowest BCUT2D eigenvalue weighted by Gasteiger charge is -1.84. The second-order valence-electron chi connectivity index (χ2n) is 2.23. The average Bonchev–Trinajstić information content (AvgIpc) is 2.35. The van der Waals surface area contributed by atoms with E-state index in [1.54, 1.807) is 11.3 Å². The van der Waals surface area contributed by atoms with E-state index in [0.717, 1.165) is 12.8 Å². The maximum Gasteiger partial charge on any atom is 0.0801 e. The van der Waals surface area contributed by atoms with Crippen molar-refractivity contribution < 1.29 is 0 Å². The van der Waals surface area contributed by atoms with Gasteiger partial charge in [0.05, 0.1) is 16.1 Å². The van der Waals surface area contributed by atoms with Crippen LogP contribution in [-0.4, -0.2) is 4.98 Å². The van der Waals surface area contributed by atoms with Crippen LogP contribution in [0.15, 0.2) is 12.1 Å². The van der Waals surface area contributed by atoms with Gasteiger partial charge >= 0.3 is 0 Å². The summed E-state index contributed by atoms with van der Waals surface area (Å²) in [5.74, 6) is 0. The minimum atomic E-state index is 1.11. The summed E-state index contributed by atoms with van der Waals surface area (Å²) in [5, 5.41) is 0. The molecule has 1 aromatic heterocycles. The second-order valence-corrected chi connectivity index (χ2v) is 3.09. The molecule has 2 heteroatoms. The Bertz CT molecular complexity index is 249. The highest BCUT2D eigenvalue weighted by Gasteiger charge is 2.15. The van der Waals surface area contributed by atoms with Crippen LogP contribution in [0.25, 0.3) is 5.57 Å². The molecule has 9 heavy (non-hydrogen) atoms. The first-order chi connectivity index (χ1) is 4.38. The van der Waals surface area contributed by atoms with Crippen molar-refractivity contribution in [3.63, 3.8) is 0 Å². The molecule has 0 aromatic carbocycles. The summed E-state index contributed by atoms with van der Waals surface area (Å²) >= 11 is 1.71. The number of allylic oxidation sites excluding steroid dienone is 1. The molecule has 0 aliphatic heterocycles. The van der Waals surface area contributed by atoms with E-state index in [9.17, 15) is 0 Å². The minimum absolute atomic E-state index is 1.11. The van der Waals surface area contributed by atoms with Crippen molar-refractivity contribution >= 4 is 16.9 Å². The molecule has 0 unspecified atom stereocenters. The van der Waals surface area contributed by atoms with Crippen LogP contribution in [0, 0.1) is 0 Å². The number of hydrogen-bond acceptors (Lipinski definition) is 2. The monoisotopic (exact) mass is 137 g/mol. The minimum Gasteiger partial charge on any atom is -0.249 e. The molecule has 0 saturated heterocycles. The van der Waals surface area contributed by atoms with Crippen molar-refractivity contribution in [2.75, 3.05) is 0 Å². The van der Waals surface area contributed by atoms with E-state index < -0.39 is 0 Å². The van der Waals surface area contributed by atoms with Gasteiger partial charge in [-0.15, -0.1) is 11.3 Å². The number of aromatic nitrogens is 1. The standard InChI is InChI=1S/C7H7NS/c1-5-2-3-6-7(5)9-4-8-6/h4H,1-3H2. The Morgan fingerprint density at radius 3 is 3.22 bits per heavy atom. The highest BCUT2D eigenvalue weighted by atomic mass is 32.1. The van der Waals surface area contributed by atoms with Gasteiger partial charge in [0.1, 0.15) is 0 Å². The second kappa shape index (κ2) is 1.67. The first kappa shape index (κ1) is 5.18. The number of nitrogens with zero attached hydrogens (tertiary/aromatic N) is 1. The summed E-state index contributed by atoms with van der Waals surface area (Å²) in [5.41, 5.74) is 4.42. The van der Waals surface area contributed by atoms with Crippen molar-refractivity contribution in [3.05, 3.63) is 22.7 Å². The highest BCUT2D eigenvalue weighted by molar-refractivity contribution is 7.11. The van der Waals surface area contributed by atoms with E-state index in [1.807, 2.05) is 5.51 Å². The van der Waals surface area contributed by atoms with Gasteiger partial charge in [-0.3, -0.25) is 0 Å². The van der Waals surface area contributed by atoms with Crippen molar-refractivity contribution in [1.29, 1.82) is 0 Å². The first-order valence-electron chi connectivity index (χ1n) is 2.98. The molecule has 1 heterocycles. The predicted octanol–water partition coefficient (Wildman–Crippen LogP) is 2.10. The number of aryl methyl sites for hydroxylation is 1. The fraction of sp³-hybridized carbons (Fsp3) is 0.286. The van der Waals surface area contributed by atoms with E-state index in [0.29, 0.717) is 0 Å². The van der Waals surface area contributed by atoms with Gasteiger partial charge in [-0.25, -0.2) is 4.98 Å². The molecule has 1 aromatic rings. The van der Waals surface area contributed by atoms with Gasteiger partial charge in [0, 0.05) is 0 Å². The van der Waals surface area contributed by atoms with Crippen molar-refractivity contribution in [1.82, 2.24) is 4.98 Å². The molecule has 0 N–H and O–H groups in total. The molecule has 1 aliphatic carbocycles. The van der Waals surface area contributed by atoms with Gasteiger partial charge in [-0.1, -0.05) is 6.58 Å². The topological polar surface area (TPSA) is 12.9 Å². The Labute approximate surface area is 58.1 Å². The smallest absolute Gasteiger partial charge is 0.0801 e. The summed E-state index contributed by atoms with van der Waals surface area (Å²) in [6, 6.07) is 0. The lowest BCUT2D eigenvalue weighted by Crippen LogP contribution is -1.73. The van der Waals surface area contributed by atoms with E-state index in [2.05, 4.69) is 11.6 Å². The third-order valence-electron chi connectivity index (χ3n) is 1.63. The van der Waals surface area contributed by atoms with Gasteiger partial charge < -0.3 is 0 Å². The molecule has 0 atom stereocenters. The Morgan fingerprint density at radius 1 is 1.56 bits per heavy atom. The molecular formula is C7H7NS. The van der Waals surface area contributed by atoms with Crippen LogP contribution in [0.4, 0.5) is 0 Å². The Balaban J connectivity index is 2.61. The number of hydrogen-bond donors (Lipinski definition) is 0. The highest BCUT2D eigenvalue weighted by Crippen LogP contribution is 2.32. The summed E-state index contributed by atoms with van der Waals surface area (Å²) < 4.78 is 0. The first-order valence-corrected chi connectivity index (χ1v) is 3.86. The number of thiazole rings is 1. The van der Waals surface area contributed by atoms with E-state index in [-0.39, 0.29) is 0 Å². The molecule has 0 saturated carbocycles. The van der Waals surface area contributed by atoms with Crippen LogP contribution < -0.4 is 0 Å². The maximum absolute atomic E-state index is 4.20. The zero-order valence-corrected chi connectivity index (χ0v) is 5.87. The summed E-state index contributed by atoms with van der Waals surface area (Å²) in [4.78, 5) is 5.53.